The molecular formula is C26H36NO6+. The van der Waals surface area contributed by atoms with Crippen molar-refractivity contribution < 1.29 is 33.2 Å². The molecule has 7 nitrogen and oxygen atoms in total. The highest BCUT2D eigenvalue weighted by Gasteiger charge is 2.36. The molecule has 2 aromatic rings. The number of benzene rings is 2. The maximum atomic E-state index is 6.45. The zero-order valence-electron chi connectivity index (χ0n) is 21.2. The van der Waals surface area contributed by atoms with Crippen molar-refractivity contribution in [1.29, 1.82) is 0 Å². The van der Waals surface area contributed by atoms with Crippen LogP contribution in [0.4, 0.5) is 0 Å². The Labute approximate surface area is 197 Å². The highest BCUT2D eigenvalue weighted by Crippen LogP contribution is 2.51. The first-order valence-electron chi connectivity index (χ1n) is 11.0. The summed E-state index contributed by atoms with van der Waals surface area (Å²) in [6.45, 7) is 6.93. The van der Waals surface area contributed by atoms with Gasteiger partial charge >= 0.3 is 0 Å². The summed E-state index contributed by atoms with van der Waals surface area (Å²) in [5.41, 5.74) is 2.69. The minimum absolute atomic E-state index is 0.139. The van der Waals surface area contributed by atoms with Crippen molar-refractivity contribution >= 4 is 5.57 Å². The Morgan fingerprint density at radius 2 is 1.48 bits per heavy atom. The van der Waals surface area contributed by atoms with Crippen molar-refractivity contribution in [3.8, 4) is 34.5 Å². The maximum Gasteiger partial charge on any atom is 0.232 e. The van der Waals surface area contributed by atoms with E-state index in [9.17, 15) is 0 Å². The number of ether oxygens (including phenoxy) is 5. The molecule has 0 saturated heterocycles. The standard InChI is InChI=1S/C26H36NO6/c1-26(2,3)27(4,5)33-21-15-17(12-13-20(21)28-6)18-11-10-14-32-23-19(18)16-22(29-7)24(30-8)25(23)31-9/h11-13,15-16H,10,14H2,1-9H3/q+1. The van der Waals surface area contributed by atoms with Gasteiger partial charge in [0, 0.05) is 12.0 Å². The Hall–Kier alpha value is -3.06. The molecule has 1 aliphatic rings. The van der Waals surface area contributed by atoms with Gasteiger partial charge < -0.3 is 28.5 Å². The Morgan fingerprint density at radius 1 is 0.818 bits per heavy atom. The summed E-state index contributed by atoms with van der Waals surface area (Å²) in [6.07, 6.45) is 2.90. The molecule has 33 heavy (non-hydrogen) atoms. The van der Waals surface area contributed by atoms with Gasteiger partial charge in [0.2, 0.25) is 17.2 Å². The molecule has 0 radical (unpaired) electrons. The SMILES string of the molecule is COc1ccc(C2=CCCOc3c2cc(OC)c(OC)c3OC)cc1O[N+](C)(C)C(C)(C)C. The zero-order chi connectivity index (χ0) is 24.4. The van der Waals surface area contributed by atoms with Crippen LogP contribution in [0.25, 0.3) is 5.57 Å². The number of quaternary nitrogens is 1. The van der Waals surface area contributed by atoms with E-state index in [1.165, 1.54) is 0 Å². The lowest BCUT2D eigenvalue weighted by molar-refractivity contribution is -1.08. The van der Waals surface area contributed by atoms with Crippen LogP contribution in [0.3, 0.4) is 0 Å². The van der Waals surface area contributed by atoms with Crippen molar-refractivity contribution in [1.82, 2.24) is 0 Å². The minimum Gasteiger partial charge on any atom is -0.493 e. The molecule has 0 aliphatic carbocycles. The quantitative estimate of drug-likeness (QED) is 0.425. The van der Waals surface area contributed by atoms with Gasteiger partial charge in [-0.05, 0) is 50.1 Å². The predicted molar refractivity (Wildman–Crippen MR) is 129 cm³/mol. The Bertz CT molecular complexity index is 1040. The van der Waals surface area contributed by atoms with Gasteiger partial charge in [-0.15, -0.1) is 4.65 Å². The highest BCUT2D eigenvalue weighted by atomic mass is 16.7. The van der Waals surface area contributed by atoms with E-state index in [1.54, 1.807) is 28.4 Å². The van der Waals surface area contributed by atoms with Crippen molar-refractivity contribution in [3.63, 3.8) is 0 Å². The van der Waals surface area contributed by atoms with Crippen LogP contribution in [0, 0.1) is 0 Å². The van der Waals surface area contributed by atoms with Gasteiger partial charge in [-0.25, -0.2) is 0 Å². The van der Waals surface area contributed by atoms with Gasteiger partial charge in [-0.2, -0.15) is 0 Å². The van der Waals surface area contributed by atoms with Crippen LogP contribution in [0.5, 0.6) is 34.5 Å². The Balaban J connectivity index is 2.18. The van der Waals surface area contributed by atoms with Crippen molar-refractivity contribution in [2.45, 2.75) is 32.7 Å². The van der Waals surface area contributed by atoms with E-state index in [4.69, 9.17) is 28.5 Å². The van der Waals surface area contributed by atoms with Gasteiger partial charge in [0.15, 0.2) is 17.2 Å². The first kappa shape index (κ1) is 24.6. The molecule has 0 amide bonds. The summed E-state index contributed by atoms with van der Waals surface area (Å²) < 4.78 is 28.9. The van der Waals surface area contributed by atoms with E-state index in [2.05, 4.69) is 26.8 Å². The van der Waals surface area contributed by atoms with Gasteiger partial charge in [0.25, 0.3) is 0 Å². The monoisotopic (exact) mass is 458 g/mol. The Morgan fingerprint density at radius 3 is 2.06 bits per heavy atom. The smallest absolute Gasteiger partial charge is 0.232 e. The zero-order valence-corrected chi connectivity index (χ0v) is 21.2. The largest absolute Gasteiger partial charge is 0.493 e. The lowest BCUT2D eigenvalue weighted by atomic mass is 9.95. The summed E-state index contributed by atoms with van der Waals surface area (Å²) in [5, 5.41) is 0. The molecule has 0 atom stereocenters. The molecule has 0 aromatic heterocycles. The number of nitrogens with zero attached hydrogens (tertiary/aromatic N) is 1. The average Bonchev–Trinajstić information content (AvgIpc) is 2.98. The van der Waals surface area contributed by atoms with Crippen LogP contribution in [0.15, 0.2) is 30.3 Å². The van der Waals surface area contributed by atoms with Crippen molar-refractivity contribution in [2.24, 2.45) is 0 Å². The van der Waals surface area contributed by atoms with Gasteiger partial charge in [0.1, 0.15) is 19.6 Å². The molecule has 0 N–H and O–H groups in total. The van der Waals surface area contributed by atoms with Crippen LogP contribution in [0.2, 0.25) is 0 Å². The van der Waals surface area contributed by atoms with Crippen LogP contribution in [-0.2, 0) is 0 Å². The average molecular weight is 459 g/mol. The molecule has 1 aliphatic heterocycles. The van der Waals surface area contributed by atoms with Crippen LogP contribution < -0.4 is 28.5 Å². The second-order valence-corrected chi connectivity index (χ2v) is 9.26. The summed E-state index contributed by atoms with van der Waals surface area (Å²) in [7, 11) is 10.5. The van der Waals surface area contributed by atoms with E-state index in [1.807, 2.05) is 38.4 Å². The predicted octanol–water partition coefficient (Wildman–Crippen LogP) is 5.10. The summed E-state index contributed by atoms with van der Waals surface area (Å²) in [5.74, 6) is 3.54. The molecule has 0 unspecified atom stereocenters. The fourth-order valence-electron chi connectivity index (χ4n) is 3.52. The molecule has 0 fully saturated rings. The first-order valence-corrected chi connectivity index (χ1v) is 11.0. The normalized spacial score (nSPS) is 13.8. The minimum atomic E-state index is -0.139. The lowest BCUT2D eigenvalue weighted by Gasteiger charge is -2.39. The molecule has 1 heterocycles. The van der Waals surface area contributed by atoms with Crippen LogP contribution in [-0.4, -0.2) is 59.3 Å². The van der Waals surface area contributed by atoms with E-state index in [-0.39, 0.29) is 5.54 Å². The fraction of sp³-hybridized carbons (Fsp3) is 0.462. The fourth-order valence-corrected chi connectivity index (χ4v) is 3.52. The third kappa shape index (κ3) is 4.69. The number of hydrogen-bond donors (Lipinski definition) is 0. The summed E-state index contributed by atoms with van der Waals surface area (Å²) in [4.78, 5) is 6.45. The van der Waals surface area contributed by atoms with E-state index < -0.39 is 0 Å². The number of fused-ring (bicyclic) bond motifs is 1. The number of rotatable bonds is 7. The van der Waals surface area contributed by atoms with Crippen molar-refractivity contribution in [2.75, 3.05) is 49.1 Å². The molecule has 180 valence electrons. The molecule has 7 heteroatoms. The molecule has 0 spiro atoms. The van der Waals surface area contributed by atoms with Crippen LogP contribution >= 0.6 is 0 Å². The second kappa shape index (κ2) is 9.43. The maximum absolute atomic E-state index is 6.45. The van der Waals surface area contributed by atoms with E-state index >= 15 is 0 Å². The number of methoxy groups -OCH3 is 4. The molecule has 0 saturated carbocycles. The third-order valence-electron chi connectivity index (χ3n) is 6.20. The van der Waals surface area contributed by atoms with E-state index in [0.29, 0.717) is 45.8 Å². The van der Waals surface area contributed by atoms with Gasteiger partial charge in [-0.1, -0.05) is 12.1 Å². The molecule has 0 bridgehead atoms. The summed E-state index contributed by atoms with van der Waals surface area (Å²) in [6, 6.07) is 7.88. The lowest BCUT2D eigenvalue weighted by Crippen LogP contribution is -2.56. The number of hydrogen-bond acceptors (Lipinski definition) is 6. The highest BCUT2D eigenvalue weighted by molar-refractivity contribution is 5.87. The van der Waals surface area contributed by atoms with E-state index in [0.717, 1.165) is 23.1 Å². The Kier molecular flexibility index (Phi) is 7.03. The number of hydroxylamine groups is 3. The molecule has 2 aromatic carbocycles. The third-order valence-corrected chi connectivity index (χ3v) is 6.20. The molecular weight excluding hydrogens is 422 g/mol. The summed E-state index contributed by atoms with van der Waals surface area (Å²) >= 11 is 0. The second-order valence-electron chi connectivity index (χ2n) is 9.26. The van der Waals surface area contributed by atoms with Gasteiger partial charge in [0.05, 0.1) is 35.0 Å². The van der Waals surface area contributed by atoms with Crippen LogP contribution in [0.1, 0.15) is 38.3 Å². The topological polar surface area (TPSA) is 55.4 Å². The van der Waals surface area contributed by atoms with Crippen molar-refractivity contribution in [3.05, 3.63) is 41.5 Å². The first-order chi connectivity index (χ1) is 15.6. The molecule has 3 rings (SSSR count). The van der Waals surface area contributed by atoms with Gasteiger partial charge in [-0.3, -0.25) is 0 Å².